The molecule has 2 nitrogen and oxygen atoms in total. The Morgan fingerprint density at radius 2 is 1.50 bits per heavy atom. The number of hydrogen-bond acceptors (Lipinski definition) is 2. The Hall–Kier alpha value is -1.96. The van der Waals surface area contributed by atoms with E-state index in [0.29, 0.717) is 0 Å². The van der Waals surface area contributed by atoms with E-state index in [1.807, 2.05) is 12.1 Å². The first-order valence-corrected chi connectivity index (χ1v) is 6.15. The summed E-state index contributed by atoms with van der Waals surface area (Å²) in [6.07, 6.45) is 0. The molecule has 2 aromatic carbocycles. The molecule has 0 radical (unpaired) electrons. The molecule has 0 spiro atoms. The van der Waals surface area contributed by atoms with Crippen LogP contribution in [-0.2, 0) is 0 Å². The van der Waals surface area contributed by atoms with E-state index < -0.39 is 0 Å². The Kier molecular flexibility index (Phi) is 3.28. The quantitative estimate of drug-likeness (QED) is 0.805. The second-order valence-corrected chi connectivity index (χ2v) is 4.95. The average molecular weight is 240 g/mol. The third-order valence-corrected chi connectivity index (χ3v) is 3.19. The van der Waals surface area contributed by atoms with Gasteiger partial charge in [-0.1, -0.05) is 12.1 Å². The summed E-state index contributed by atoms with van der Waals surface area (Å²) in [5.41, 5.74) is 12.8. The minimum Gasteiger partial charge on any atom is -0.399 e. The van der Waals surface area contributed by atoms with Crippen LogP contribution in [0.5, 0.6) is 0 Å². The third-order valence-electron chi connectivity index (χ3n) is 3.19. The van der Waals surface area contributed by atoms with Crippen molar-refractivity contribution in [1.29, 1.82) is 0 Å². The summed E-state index contributed by atoms with van der Waals surface area (Å²) < 4.78 is 0. The standard InChI is InChI=1S/C16H20N2/c1-11-7-12(2)9-15(8-11)18(4)16-10-14(17)6-5-13(16)3/h5-10H,17H2,1-4H3. The van der Waals surface area contributed by atoms with Crippen molar-refractivity contribution in [2.75, 3.05) is 17.7 Å². The Morgan fingerprint density at radius 3 is 2.11 bits per heavy atom. The molecule has 0 aliphatic carbocycles. The van der Waals surface area contributed by atoms with E-state index in [0.717, 1.165) is 11.4 Å². The first-order valence-electron chi connectivity index (χ1n) is 6.15. The lowest BCUT2D eigenvalue weighted by Crippen LogP contribution is -2.11. The van der Waals surface area contributed by atoms with Gasteiger partial charge in [0, 0.05) is 24.1 Å². The first-order chi connectivity index (χ1) is 8.47. The Balaban J connectivity index is 2.47. The van der Waals surface area contributed by atoms with Crippen molar-refractivity contribution in [2.24, 2.45) is 0 Å². The normalized spacial score (nSPS) is 10.4. The minimum atomic E-state index is 0.798. The fourth-order valence-electron chi connectivity index (χ4n) is 2.27. The average Bonchev–Trinajstić information content (AvgIpc) is 2.30. The van der Waals surface area contributed by atoms with Gasteiger partial charge in [0.15, 0.2) is 0 Å². The molecule has 0 heterocycles. The zero-order valence-corrected chi connectivity index (χ0v) is 11.5. The highest BCUT2D eigenvalue weighted by molar-refractivity contribution is 5.69. The molecule has 2 rings (SSSR count). The molecule has 0 aromatic heterocycles. The molecule has 0 saturated carbocycles. The van der Waals surface area contributed by atoms with Crippen LogP contribution in [0, 0.1) is 20.8 Å². The molecular formula is C16H20N2. The number of rotatable bonds is 2. The lowest BCUT2D eigenvalue weighted by atomic mass is 10.1. The summed E-state index contributed by atoms with van der Waals surface area (Å²) in [5.74, 6) is 0. The number of nitrogen functional groups attached to an aromatic ring is 1. The summed E-state index contributed by atoms with van der Waals surface area (Å²) in [6, 6.07) is 12.6. The van der Waals surface area contributed by atoms with Gasteiger partial charge in [0.1, 0.15) is 0 Å². The molecular weight excluding hydrogens is 220 g/mol. The molecule has 0 saturated heterocycles. The summed E-state index contributed by atoms with van der Waals surface area (Å²) >= 11 is 0. The predicted octanol–water partition coefficient (Wildman–Crippen LogP) is 3.96. The van der Waals surface area contributed by atoms with E-state index in [4.69, 9.17) is 5.73 Å². The van der Waals surface area contributed by atoms with Gasteiger partial charge in [-0.25, -0.2) is 0 Å². The number of aryl methyl sites for hydroxylation is 3. The highest BCUT2D eigenvalue weighted by atomic mass is 15.1. The van der Waals surface area contributed by atoms with Gasteiger partial charge in [0.2, 0.25) is 0 Å². The number of hydrogen-bond donors (Lipinski definition) is 1. The lowest BCUT2D eigenvalue weighted by molar-refractivity contribution is 1.17. The monoisotopic (exact) mass is 240 g/mol. The van der Waals surface area contributed by atoms with Crippen LogP contribution in [0.1, 0.15) is 16.7 Å². The second-order valence-electron chi connectivity index (χ2n) is 4.95. The molecule has 0 aliphatic rings. The SMILES string of the molecule is Cc1cc(C)cc(N(C)c2cc(N)ccc2C)c1. The van der Waals surface area contributed by atoms with E-state index >= 15 is 0 Å². The Morgan fingerprint density at radius 1 is 0.889 bits per heavy atom. The molecule has 2 N–H and O–H groups in total. The molecule has 94 valence electrons. The van der Waals surface area contributed by atoms with E-state index in [2.05, 4.69) is 57.0 Å². The summed E-state index contributed by atoms with van der Waals surface area (Å²) in [4.78, 5) is 2.19. The van der Waals surface area contributed by atoms with Crippen molar-refractivity contribution < 1.29 is 0 Å². The predicted molar refractivity (Wildman–Crippen MR) is 79.6 cm³/mol. The highest BCUT2D eigenvalue weighted by Gasteiger charge is 2.08. The molecule has 0 atom stereocenters. The van der Waals surface area contributed by atoms with Crippen LogP contribution in [0.15, 0.2) is 36.4 Å². The van der Waals surface area contributed by atoms with E-state index in [9.17, 15) is 0 Å². The largest absolute Gasteiger partial charge is 0.399 e. The molecule has 0 unspecified atom stereocenters. The Bertz CT molecular complexity index is 553. The zero-order chi connectivity index (χ0) is 13.3. The molecule has 2 aromatic rings. The first kappa shape index (κ1) is 12.5. The second kappa shape index (κ2) is 4.73. The van der Waals surface area contributed by atoms with Crippen LogP contribution >= 0.6 is 0 Å². The van der Waals surface area contributed by atoms with Gasteiger partial charge in [-0.3, -0.25) is 0 Å². The van der Waals surface area contributed by atoms with Crippen LogP contribution in [0.25, 0.3) is 0 Å². The van der Waals surface area contributed by atoms with Crippen molar-refractivity contribution in [1.82, 2.24) is 0 Å². The molecule has 2 heteroatoms. The Labute approximate surface area is 109 Å². The van der Waals surface area contributed by atoms with Crippen molar-refractivity contribution >= 4 is 17.1 Å². The van der Waals surface area contributed by atoms with E-state index in [1.54, 1.807) is 0 Å². The molecule has 18 heavy (non-hydrogen) atoms. The molecule has 0 bridgehead atoms. The summed E-state index contributed by atoms with van der Waals surface area (Å²) in [5, 5.41) is 0. The molecule has 0 fully saturated rings. The van der Waals surface area contributed by atoms with E-state index in [1.165, 1.54) is 22.4 Å². The number of anilines is 3. The molecule has 0 aliphatic heterocycles. The smallest absolute Gasteiger partial charge is 0.0458 e. The highest BCUT2D eigenvalue weighted by Crippen LogP contribution is 2.29. The maximum Gasteiger partial charge on any atom is 0.0458 e. The summed E-state index contributed by atoms with van der Waals surface area (Å²) in [6.45, 7) is 6.35. The van der Waals surface area contributed by atoms with Gasteiger partial charge >= 0.3 is 0 Å². The van der Waals surface area contributed by atoms with Crippen molar-refractivity contribution in [3.8, 4) is 0 Å². The number of benzene rings is 2. The number of nitrogens with two attached hydrogens (primary N) is 1. The van der Waals surface area contributed by atoms with Gasteiger partial charge < -0.3 is 10.6 Å². The lowest BCUT2D eigenvalue weighted by Gasteiger charge is -2.23. The van der Waals surface area contributed by atoms with E-state index in [-0.39, 0.29) is 0 Å². The van der Waals surface area contributed by atoms with Crippen LogP contribution in [0.2, 0.25) is 0 Å². The maximum atomic E-state index is 5.88. The summed E-state index contributed by atoms with van der Waals surface area (Å²) in [7, 11) is 2.08. The third kappa shape index (κ3) is 2.48. The van der Waals surface area contributed by atoms with Gasteiger partial charge in [-0.15, -0.1) is 0 Å². The topological polar surface area (TPSA) is 29.3 Å². The zero-order valence-electron chi connectivity index (χ0n) is 11.5. The van der Waals surface area contributed by atoms with Gasteiger partial charge in [0.25, 0.3) is 0 Å². The molecule has 0 amide bonds. The van der Waals surface area contributed by atoms with Crippen LogP contribution < -0.4 is 10.6 Å². The van der Waals surface area contributed by atoms with Gasteiger partial charge in [-0.05, 0) is 61.7 Å². The van der Waals surface area contributed by atoms with Crippen LogP contribution in [0.4, 0.5) is 17.1 Å². The number of nitrogens with zero attached hydrogens (tertiary/aromatic N) is 1. The maximum absolute atomic E-state index is 5.88. The van der Waals surface area contributed by atoms with Gasteiger partial charge in [-0.2, -0.15) is 0 Å². The van der Waals surface area contributed by atoms with Crippen LogP contribution in [0.3, 0.4) is 0 Å². The van der Waals surface area contributed by atoms with Crippen molar-refractivity contribution in [3.63, 3.8) is 0 Å². The fraction of sp³-hybridized carbons (Fsp3) is 0.250. The van der Waals surface area contributed by atoms with Crippen LogP contribution in [-0.4, -0.2) is 7.05 Å². The van der Waals surface area contributed by atoms with Gasteiger partial charge in [0.05, 0.1) is 0 Å². The van der Waals surface area contributed by atoms with Crippen molar-refractivity contribution in [3.05, 3.63) is 53.1 Å². The fourth-order valence-corrected chi connectivity index (χ4v) is 2.27. The van der Waals surface area contributed by atoms with Crippen molar-refractivity contribution in [2.45, 2.75) is 20.8 Å². The minimum absolute atomic E-state index is 0.798.